The molecule has 3 N–H and O–H groups in total. The van der Waals surface area contributed by atoms with E-state index in [1.54, 1.807) is 0 Å². The van der Waals surface area contributed by atoms with Gasteiger partial charge < -0.3 is 10.5 Å². The van der Waals surface area contributed by atoms with E-state index in [9.17, 15) is 14.0 Å². The minimum absolute atomic E-state index is 0.00144. The zero-order valence-corrected chi connectivity index (χ0v) is 19.0. The summed E-state index contributed by atoms with van der Waals surface area (Å²) in [4.78, 5) is 29.6. The third-order valence-electron chi connectivity index (χ3n) is 5.76. The fourth-order valence-corrected chi connectivity index (χ4v) is 3.98. The highest BCUT2D eigenvalue weighted by molar-refractivity contribution is 5.98. The van der Waals surface area contributed by atoms with Gasteiger partial charge in [-0.1, -0.05) is 52.0 Å². The van der Waals surface area contributed by atoms with Crippen molar-refractivity contribution in [2.24, 2.45) is 22.6 Å². The molecule has 0 aromatic heterocycles. The monoisotopic (exact) mass is 433 g/mol. The normalized spacial score (nSPS) is 16.2. The molecule has 0 saturated heterocycles. The second-order valence-electron chi connectivity index (χ2n) is 8.86. The van der Waals surface area contributed by atoms with Crippen molar-refractivity contribution in [3.05, 3.63) is 29.6 Å². The molecule has 1 saturated carbocycles. The van der Waals surface area contributed by atoms with Gasteiger partial charge in [-0.25, -0.2) is 9.38 Å². The zero-order chi connectivity index (χ0) is 22.8. The minimum Gasteiger partial charge on any atom is -0.494 e. The van der Waals surface area contributed by atoms with Crippen LogP contribution < -0.4 is 15.8 Å². The van der Waals surface area contributed by atoms with Crippen LogP contribution in [0.1, 0.15) is 70.8 Å². The number of carbonyl (C=O) groups is 2. The molecule has 0 aliphatic heterocycles. The van der Waals surface area contributed by atoms with Gasteiger partial charge in [0.25, 0.3) is 0 Å². The maximum Gasteiger partial charge on any atom is 0.231 e. The van der Waals surface area contributed by atoms with Gasteiger partial charge in [0.15, 0.2) is 23.3 Å². The summed E-state index contributed by atoms with van der Waals surface area (Å²) in [6, 6.07) is 3.73. The number of aliphatic imine (C=N–C) groups is 1. The quantitative estimate of drug-likeness (QED) is 0.428. The fourth-order valence-electron chi connectivity index (χ4n) is 3.98. The Balaban J connectivity index is 2.02. The Morgan fingerprint density at radius 2 is 1.97 bits per heavy atom. The Labute approximate surface area is 184 Å². The molecule has 1 aromatic rings. The molecule has 7 heteroatoms. The zero-order valence-electron chi connectivity index (χ0n) is 19.0. The lowest BCUT2D eigenvalue weighted by Crippen LogP contribution is -2.40. The van der Waals surface area contributed by atoms with Crippen LogP contribution in [0, 0.1) is 17.7 Å². The van der Waals surface area contributed by atoms with Crippen molar-refractivity contribution in [2.45, 2.75) is 77.7 Å². The third kappa shape index (κ3) is 8.67. The molecule has 1 aromatic carbocycles. The highest BCUT2D eigenvalue weighted by Crippen LogP contribution is 2.29. The van der Waals surface area contributed by atoms with E-state index in [4.69, 9.17) is 10.5 Å². The van der Waals surface area contributed by atoms with Crippen LogP contribution in [0.15, 0.2) is 23.2 Å². The first kappa shape index (κ1) is 24.8. The molecule has 0 bridgehead atoms. The van der Waals surface area contributed by atoms with E-state index in [0.29, 0.717) is 30.2 Å². The Kier molecular flexibility index (Phi) is 9.95. The Morgan fingerprint density at radius 3 is 2.61 bits per heavy atom. The number of rotatable bonds is 10. The van der Waals surface area contributed by atoms with Crippen LogP contribution in [0.4, 0.5) is 4.39 Å². The van der Waals surface area contributed by atoms with E-state index in [-0.39, 0.29) is 29.8 Å². The van der Waals surface area contributed by atoms with Crippen molar-refractivity contribution in [1.29, 1.82) is 0 Å². The Hall–Kier alpha value is -2.44. The van der Waals surface area contributed by atoms with Gasteiger partial charge in [-0.05, 0) is 42.4 Å². The molecule has 2 rings (SSSR count). The highest BCUT2D eigenvalue weighted by atomic mass is 19.1. The van der Waals surface area contributed by atoms with Gasteiger partial charge >= 0.3 is 0 Å². The van der Waals surface area contributed by atoms with Gasteiger partial charge in [-0.3, -0.25) is 14.9 Å². The van der Waals surface area contributed by atoms with Gasteiger partial charge in [0, 0.05) is 6.42 Å². The van der Waals surface area contributed by atoms with Crippen LogP contribution in [0.25, 0.3) is 0 Å². The summed E-state index contributed by atoms with van der Waals surface area (Å²) >= 11 is 0. The van der Waals surface area contributed by atoms with Gasteiger partial charge in [-0.15, -0.1) is 0 Å². The lowest BCUT2D eigenvalue weighted by Gasteiger charge is -2.24. The predicted octanol–water partition coefficient (Wildman–Crippen LogP) is 4.15. The first-order valence-electron chi connectivity index (χ1n) is 11.3. The number of benzene rings is 1. The van der Waals surface area contributed by atoms with Gasteiger partial charge in [0.2, 0.25) is 5.91 Å². The number of Topliss-reactive ketones (excluding diaryl/α,β-unsaturated/α-hetero) is 1. The number of nitrogens with two attached hydrogens (primary N) is 1. The highest BCUT2D eigenvalue weighted by Gasteiger charge is 2.24. The number of amides is 1. The number of ketones is 1. The molecule has 0 radical (unpaired) electrons. The molecule has 172 valence electrons. The van der Waals surface area contributed by atoms with Crippen LogP contribution in [0.2, 0.25) is 0 Å². The summed E-state index contributed by atoms with van der Waals surface area (Å²) < 4.78 is 18.5. The largest absolute Gasteiger partial charge is 0.494 e. The van der Waals surface area contributed by atoms with Crippen LogP contribution in [0.5, 0.6) is 5.75 Å². The third-order valence-corrected chi connectivity index (χ3v) is 5.76. The molecule has 1 amide bonds. The van der Waals surface area contributed by atoms with Crippen molar-refractivity contribution >= 4 is 17.6 Å². The summed E-state index contributed by atoms with van der Waals surface area (Å²) in [7, 11) is 1.37. The molecule has 1 aliphatic rings. The number of guanidine groups is 1. The van der Waals surface area contributed by atoms with Crippen molar-refractivity contribution in [3.63, 3.8) is 0 Å². The summed E-state index contributed by atoms with van der Waals surface area (Å²) in [5.74, 6) is 0.167. The maximum absolute atomic E-state index is 13.5. The van der Waals surface area contributed by atoms with E-state index < -0.39 is 11.9 Å². The molecule has 6 nitrogen and oxygen atoms in total. The van der Waals surface area contributed by atoms with Crippen LogP contribution >= 0.6 is 0 Å². The number of nitrogens with one attached hydrogen (secondary N) is 1. The van der Waals surface area contributed by atoms with E-state index in [0.717, 1.165) is 19.3 Å². The second-order valence-corrected chi connectivity index (χ2v) is 8.86. The van der Waals surface area contributed by atoms with Crippen molar-refractivity contribution in [1.82, 2.24) is 5.32 Å². The van der Waals surface area contributed by atoms with Crippen LogP contribution in [-0.2, 0) is 16.0 Å². The summed E-state index contributed by atoms with van der Waals surface area (Å²) in [5.41, 5.74) is 6.58. The number of nitrogens with zero attached hydrogens (tertiary/aromatic N) is 1. The lowest BCUT2D eigenvalue weighted by molar-refractivity contribution is -0.121. The molecule has 31 heavy (non-hydrogen) atoms. The summed E-state index contributed by atoms with van der Waals surface area (Å²) in [6.07, 6.45) is 7.82. The van der Waals surface area contributed by atoms with E-state index >= 15 is 0 Å². The summed E-state index contributed by atoms with van der Waals surface area (Å²) in [6.45, 7) is 4.18. The second kappa shape index (κ2) is 12.4. The van der Waals surface area contributed by atoms with Crippen LogP contribution in [0.3, 0.4) is 0 Å². The Bertz CT molecular complexity index is 773. The Morgan fingerprint density at radius 1 is 1.26 bits per heavy atom. The molecule has 1 aliphatic carbocycles. The molecule has 0 heterocycles. The van der Waals surface area contributed by atoms with Crippen molar-refractivity contribution in [2.75, 3.05) is 7.11 Å². The molecule has 1 atom stereocenters. The molecule has 0 unspecified atom stereocenters. The van der Waals surface area contributed by atoms with Crippen LogP contribution in [-0.4, -0.2) is 30.8 Å². The maximum atomic E-state index is 13.5. The average Bonchev–Trinajstić information content (AvgIpc) is 2.73. The topological polar surface area (TPSA) is 93.8 Å². The smallest absolute Gasteiger partial charge is 0.231 e. The van der Waals surface area contributed by atoms with Gasteiger partial charge in [0.05, 0.1) is 13.5 Å². The number of methoxy groups -OCH3 is 1. The van der Waals surface area contributed by atoms with E-state index in [1.807, 2.05) is 0 Å². The molecular weight excluding hydrogens is 397 g/mol. The summed E-state index contributed by atoms with van der Waals surface area (Å²) in [5, 5.41) is 2.57. The minimum atomic E-state index is -0.520. The SMILES string of the molecule is COc1cc(CC(=O)NC(N)=N[C@H](CC2CCCCC2)C(=O)CCC(C)C)ccc1F. The number of hydrogen-bond acceptors (Lipinski definition) is 4. The number of carbonyl (C=O) groups excluding carboxylic acids is 2. The lowest BCUT2D eigenvalue weighted by atomic mass is 9.83. The number of hydrogen-bond donors (Lipinski definition) is 2. The number of halogens is 1. The fraction of sp³-hybridized carbons (Fsp3) is 0.625. The first-order chi connectivity index (χ1) is 14.8. The molecular formula is C24H36FN3O3. The van der Waals surface area contributed by atoms with Crippen molar-refractivity contribution < 1.29 is 18.7 Å². The van der Waals surface area contributed by atoms with Gasteiger partial charge in [0.1, 0.15) is 6.04 Å². The average molecular weight is 434 g/mol. The molecule has 0 spiro atoms. The first-order valence-corrected chi connectivity index (χ1v) is 11.3. The number of ether oxygens (including phenoxy) is 1. The van der Waals surface area contributed by atoms with E-state index in [2.05, 4.69) is 24.2 Å². The van der Waals surface area contributed by atoms with Crippen molar-refractivity contribution in [3.8, 4) is 5.75 Å². The standard InChI is InChI=1S/C24H36FN3O3/c1-16(2)9-12-21(29)20(13-17-7-5-4-6-8-17)27-24(26)28-23(30)15-18-10-11-19(25)22(14-18)31-3/h10-11,14,16-17,20H,4-9,12-13,15H2,1-3H3,(H3,26,27,28,30)/t20-/m1/s1. The predicted molar refractivity (Wildman–Crippen MR) is 120 cm³/mol. The van der Waals surface area contributed by atoms with Gasteiger partial charge in [-0.2, -0.15) is 0 Å². The molecule has 1 fully saturated rings. The van der Waals surface area contributed by atoms with E-state index in [1.165, 1.54) is 44.6 Å².